The van der Waals surface area contributed by atoms with Gasteiger partial charge in [-0.3, -0.25) is 0 Å². The van der Waals surface area contributed by atoms with Crippen molar-refractivity contribution in [3.63, 3.8) is 0 Å². The molecule has 7 nitrogen and oxygen atoms in total. The molecule has 43 heavy (non-hydrogen) atoms. The van der Waals surface area contributed by atoms with Crippen molar-refractivity contribution in [1.82, 2.24) is 0 Å². The van der Waals surface area contributed by atoms with Gasteiger partial charge in [0.25, 0.3) is 0 Å². The van der Waals surface area contributed by atoms with Crippen molar-refractivity contribution in [1.29, 1.82) is 0 Å². The quantitative estimate of drug-likeness (QED) is 0.249. The van der Waals surface area contributed by atoms with Crippen LogP contribution in [0.1, 0.15) is 87.4 Å². The molecule has 0 fully saturated rings. The van der Waals surface area contributed by atoms with Crippen LogP contribution in [0.2, 0.25) is 0 Å². The van der Waals surface area contributed by atoms with Crippen molar-refractivity contribution in [2.45, 2.75) is 105 Å². The SMILES string of the molecule is CC1(C)OCc2cc(Br)cc(COCc3cc(C(C)(C)C)cc(COCc4cc(Br)cc5c4OC(C)(C)OC5)c3O)c2O1. The van der Waals surface area contributed by atoms with Crippen molar-refractivity contribution >= 4 is 31.9 Å². The van der Waals surface area contributed by atoms with Crippen molar-refractivity contribution < 1.29 is 33.5 Å². The van der Waals surface area contributed by atoms with Gasteiger partial charge in [-0.2, -0.15) is 0 Å². The fraction of sp³-hybridized carbons (Fsp3) is 0.471. The molecule has 0 amide bonds. The number of benzene rings is 3. The lowest BCUT2D eigenvalue weighted by Gasteiger charge is -2.34. The van der Waals surface area contributed by atoms with Crippen LogP contribution in [0.15, 0.2) is 45.3 Å². The third-order valence-electron chi connectivity index (χ3n) is 7.43. The van der Waals surface area contributed by atoms with E-state index in [9.17, 15) is 5.11 Å². The van der Waals surface area contributed by atoms with Gasteiger partial charge in [0.05, 0.1) is 39.6 Å². The van der Waals surface area contributed by atoms with Crippen LogP contribution in [0.3, 0.4) is 0 Å². The average molecular weight is 720 g/mol. The van der Waals surface area contributed by atoms with E-state index in [0.29, 0.717) is 37.6 Å². The third kappa shape index (κ3) is 7.75. The molecule has 5 rings (SSSR count). The molecule has 0 aliphatic carbocycles. The summed E-state index contributed by atoms with van der Waals surface area (Å²) >= 11 is 7.18. The second-order valence-electron chi connectivity index (χ2n) is 13.1. The monoisotopic (exact) mass is 718 g/mol. The summed E-state index contributed by atoms with van der Waals surface area (Å²) in [6.45, 7) is 16.1. The first-order valence-electron chi connectivity index (χ1n) is 14.4. The predicted molar refractivity (Wildman–Crippen MR) is 171 cm³/mol. The number of aromatic hydroxyl groups is 1. The summed E-state index contributed by atoms with van der Waals surface area (Å²) in [5, 5.41) is 11.3. The van der Waals surface area contributed by atoms with Crippen LogP contribution < -0.4 is 9.47 Å². The van der Waals surface area contributed by atoms with Crippen molar-refractivity contribution in [3.05, 3.63) is 84.3 Å². The summed E-state index contributed by atoms with van der Waals surface area (Å²) in [7, 11) is 0. The average Bonchev–Trinajstić information content (AvgIpc) is 2.90. The van der Waals surface area contributed by atoms with Crippen LogP contribution in [0.4, 0.5) is 0 Å². The van der Waals surface area contributed by atoms with Crippen LogP contribution >= 0.6 is 31.9 Å². The molecule has 2 aliphatic rings. The summed E-state index contributed by atoms with van der Waals surface area (Å²) in [4.78, 5) is 0. The van der Waals surface area contributed by atoms with Gasteiger partial charge >= 0.3 is 0 Å². The molecule has 3 aromatic carbocycles. The normalized spacial score (nSPS) is 17.0. The Balaban J connectivity index is 1.32. The number of fused-ring (bicyclic) bond motifs is 2. The van der Waals surface area contributed by atoms with E-state index in [-0.39, 0.29) is 24.4 Å². The van der Waals surface area contributed by atoms with E-state index in [1.165, 1.54) is 0 Å². The number of hydrogen-bond acceptors (Lipinski definition) is 7. The van der Waals surface area contributed by atoms with Crippen LogP contribution in [0.5, 0.6) is 17.2 Å². The summed E-state index contributed by atoms with van der Waals surface area (Å²) < 4.78 is 38.1. The zero-order valence-electron chi connectivity index (χ0n) is 25.9. The van der Waals surface area contributed by atoms with Gasteiger partial charge in [0.2, 0.25) is 11.6 Å². The molecule has 0 bridgehead atoms. The first kappa shape index (κ1) is 32.3. The van der Waals surface area contributed by atoms with E-state index in [2.05, 4.69) is 52.6 Å². The summed E-state index contributed by atoms with van der Waals surface area (Å²) in [5.41, 5.74) is 6.15. The Labute approximate surface area is 271 Å². The molecule has 0 saturated carbocycles. The zero-order chi connectivity index (χ0) is 31.2. The van der Waals surface area contributed by atoms with Crippen molar-refractivity contribution in [3.8, 4) is 17.2 Å². The highest BCUT2D eigenvalue weighted by Crippen LogP contribution is 2.39. The number of phenols is 1. The topological polar surface area (TPSA) is 75.6 Å². The van der Waals surface area contributed by atoms with Crippen LogP contribution in [-0.2, 0) is 64.0 Å². The minimum atomic E-state index is -0.713. The van der Waals surface area contributed by atoms with E-state index in [1.807, 2.05) is 64.1 Å². The van der Waals surface area contributed by atoms with Gasteiger partial charge in [-0.25, -0.2) is 0 Å². The molecule has 2 heterocycles. The van der Waals surface area contributed by atoms with E-state index in [0.717, 1.165) is 48.3 Å². The molecular formula is C34H40Br2O7. The summed E-state index contributed by atoms with van der Waals surface area (Å²) in [6, 6.07) is 12.0. The maximum Gasteiger partial charge on any atom is 0.205 e. The van der Waals surface area contributed by atoms with E-state index >= 15 is 0 Å². The lowest BCUT2D eigenvalue weighted by atomic mass is 9.85. The maximum absolute atomic E-state index is 11.3. The molecule has 0 spiro atoms. The minimum Gasteiger partial charge on any atom is -0.507 e. The molecule has 9 heteroatoms. The van der Waals surface area contributed by atoms with Crippen LogP contribution in [0, 0.1) is 0 Å². The fourth-order valence-electron chi connectivity index (χ4n) is 5.12. The Morgan fingerprint density at radius 2 is 1.07 bits per heavy atom. The maximum atomic E-state index is 11.3. The van der Waals surface area contributed by atoms with Crippen molar-refractivity contribution in [2.24, 2.45) is 0 Å². The standard InChI is InChI=1S/C34H40Br2O7/c1-32(2,3)26-8-20(14-38-16-22-10-27(35)12-24-18-40-33(4,5)42-30(22)24)29(37)21(9-26)15-39-17-23-11-28(36)13-25-19-41-34(6,7)43-31(23)25/h8-13,37H,14-19H2,1-7H3. The molecule has 3 aromatic rings. The third-order valence-corrected chi connectivity index (χ3v) is 8.34. The molecule has 232 valence electrons. The Morgan fingerprint density at radius 1 is 0.674 bits per heavy atom. The molecule has 2 aliphatic heterocycles. The first-order valence-corrected chi connectivity index (χ1v) is 16.0. The zero-order valence-corrected chi connectivity index (χ0v) is 29.0. The second kappa shape index (κ2) is 12.3. The van der Waals surface area contributed by atoms with Crippen LogP contribution in [-0.4, -0.2) is 16.7 Å². The first-order chi connectivity index (χ1) is 20.1. The van der Waals surface area contributed by atoms with Gasteiger partial charge in [0, 0.05) is 70.0 Å². The highest BCUT2D eigenvalue weighted by molar-refractivity contribution is 9.10. The second-order valence-corrected chi connectivity index (χ2v) is 14.9. The molecule has 0 atom stereocenters. The van der Waals surface area contributed by atoms with Gasteiger partial charge in [-0.1, -0.05) is 52.6 Å². The molecule has 0 aromatic heterocycles. The molecule has 0 radical (unpaired) electrons. The fourth-order valence-corrected chi connectivity index (χ4v) is 6.23. The molecule has 0 saturated heterocycles. The van der Waals surface area contributed by atoms with E-state index in [4.69, 9.17) is 28.4 Å². The van der Waals surface area contributed by atoms with Gasteiger partial charge in [-0.05, 0) is 47.4 Å². The van der Waals surface area contributed by atoms with Gasteiger partial charge < -0.3 is 33.5 Å². The largest absolute Gasteiger partial charge is 0.507 e. The molecular weight excluding hydrogens is 680 g/mol. The van der Waals surface area contributed by atoms with Crippen molar-refractivity contribution in [2.75, 3.05) is 0 Å². The molecule has 0 unspecified atom stereocenters. The smallest absolute Gasteiger partial charge is 0.205 e. The number of hydrogen-bond donors (Lipinski definition) is 1. The Morgan fingerprint density at radius 3 is 1.47 bits per heavy atom. The van der Waals surface area contributed by atoms with Gasteiger partial charge in [-0.15, -0.1) is 0 Å². The van der Waals surface area contributed by atoms with E-state index < -0.39 is 11.6 Å². The number of phenolic OH excluding ortho intramolecular Hbond substituents is 1. The number of rotatable bonds is 8. The number of ether oxygens (including phenoxy) is 6. The summed E-state index contributed by atoms with van der Waals surface area (Å²) in [5.74, 6) is 0.325. The Kier molecular flexibility index (Phi) is 9.25. The number of halogens is 2. The van der Waals surface area contributed by atoms with Gasteiger partial charge in [0.15, 0.2) is 0 Å². The van der Waals surface area contributed by atoms with E-state index in [1.54, 1.807) is 0 Å². The Hall–Kier alpha value is -2.14. The van der Waals surface area contributed by atoms with Gasteiger partial charge in [0.1, 0.15) is 17.2 Å². The highest BCUT2D eigenvalue weighted by Gasteiger charge is 2.31. The lowest BCUT2D eigenvalue weighted by molar-refractivity contribution is -0.181. The predicted octanol–water partition coefficient (Wildman–Crippen LogP) is 8.94. The molecule has 1 N–H and O–H groups in total. The highest BCUT2D eigenvalue weighted by atomic mass is 79.9. The Bertz CT molecular complexity index is 1410. The van der Waals surface area contributed by atoms with Crippen LogP contribution in [0.25, 0.3) is 0 Å². The summed E-state index contributed by atoms with van der Waals surface area (Å²) in [6.07, 6.45) is 0. The lowest BCUT2D eigenvalue weighted by Crippen LogP contribution is -2.35. The minimum absolute atomic E-state index is 0.136.